The number of pyridine rings is 1. The third-order valence-electron chi connectivity index (χ3n) is 4.49. The number of benzene rings is 1. The van der Waals surface area contributed by atoms with Crippen LogP contribution in [0.25, 0.3) is 5.65 Å². The lowest BCUT2D eigenvalue weighted by Gasteiger charge is -2.32. The third kappa shape index (κ3) is 2.82. The number of fused-ring (bicyclic) bond motifs is 1. The summed E-state index contributed by atoms with van der Waals surface area (Å²) in [4.78, 5) is 14.7. The van der Waals surface area contributed by atoms with E-state index in [4.69, 9.17) is 0 Å². The number of halogens is 1. The maximum absolute atomic E-state index is 12.8. The number of carbonyl (C=O) groups excluding carboxylic acids is 1. The fraction of sp³-hybridized carbons (Fsp3) is 0.278. The third-order valence-corrected chi connectivity index (χ3v) is 4.98. The van der Waals surface area contributed by atoms with Gasteiger partial charge in [-0.3, -0.25) is 9.20 Å². The zero-order chi connectivity index (χ0) is 16.5. The van der Waals surface area contributed by atoms with Gasteiger partial charge in [-0.25, -0.2) is 0 Å². The van der Waals surface area contributed by atoms with Gasteiger partial charge in [-0.05, 0) is 43.2 Å². The Morgan fingerprint density at radius 2 is 2.08 bits per heavy atom. The molecule has 1 atom stereocenters. The molecule has 1 aliphatic rings. The van der Waals surface area contributed by atoms with Gasteiger partial charge in [0.25, 0.3) is 5.91 Å². The lowest BCUT2D eigenvalue weighted by atomic mass is 9.96. The fourth-order valence-electron chi connectivity index (χ4n) is 3.31. The molecule has 3 aromatic rings. The smallest absolute Gasteiger partial charge is 0.253 e. The molecule has 2 aromatic heterocycles. The number of likely N-dealkylation sites (tertiary alicyclic amines) is 1. The van der Waals surface area contributed by atoms with Crippen LogP contribution in [0.3, 0.4) is 0 Å². The highest BCUT2D eigenvalue weighted by atomic mass is 79.9. The predicted molar refractivity (Wildman–Crippen MR) is 95.0 cm³/mol. The van der Waals surface area contributed by atoms with E-state index in [0.717, 1.165) is 40.9 Å². The van der Waals surface area contributed by atoms with Crippen LogP contribution >= 0.6 is 15.9 Å². The first-order chi connectivity index (χ1) is 11.7. The van der Waals surface area contributed by atoms with Crippen molar-refractivity contribution in [3.63, 3.8) is 0 Å². The van der Waals surface area contributed by atoms with Crippen LogP contribution in [0.2, 0.25) is 0 Å². The average Bonchev–Trinajstić information content (AvgIpc) is 3.05. The highest BCUT2D eigenvalue weighted by Crippen LogP contribution is 2.27. The molecule has 3 heterocycles. The monoisotopic (exact) mass is 384 g/mol. The number of nitrogens with zero attached hydrogens (tertiary/aromatic N) is 4. The molecule has 0 radical (unpaired) electrons. The van der Waals surface area contributed by atoms with Gasteiger partial charge < -0.3 is 4.90 Å². The molecule has 0 bridgehead atoms. The minimum Gasteiger partial charge on any atom is -0.338 e. The number of rotatable bonds is 2. The van der Waals surface area contributed by atoms with Crippen LogP contribution in [-0.2, 0) is 0 Å². The Morgan fingerprint density at radius 3 is 2.96 bits per heavy atom. The SMILES string of the molecule is O=C(c1cccc(Br)c1)N1CCCC(c2nnc3ccccn23)C1. The van der Waals surface area contributed by atoms with Gasteiger partial charge in [0.15, 0.2) is 5.65 Å². The zero-order valence-corrected chi connectivity index (χ0v) is 14.7. The normalized spacial score (nSPS) is 18.0. The molecule has 1 aliphatic heterocycles. The lowest BCUT2D eigenvalue weighted by Crippen LogP contribution is -2.39. The Labute approximate surface area is 148 Å². The topological polar surface area (TPSA) is 50.5 Å². The molecule has 6 heteroatoms. The molecule has 1 amide bonds. The van der Waals surface area contributed by atoms with Crippen LogP contribution in [0.5, 0.6) is 0 Å². The van der Waals surface area contributed by atoms with Gasteiger partial charge in [-0.2, -0.15) is 0 Å². The molecule has 0 saturated carbocycles. The molecule has 0 aliphatic carbocycles. The van der Waals surface area contributed by atoms with Gasteiger partial charge in [0, 0.05) is 35.2 Å². The van der Waals surface area contributed by atoms with E-state index >= 15 is 0 Å². The molecule has 5 nitrogen and oxygen atoms in total. The predicted octanol–water partition coefficient (Wildman–Crippen LogP) is 3.51. The number of hydrogen-bond donors (Lipinski definition) is 0. The van der Waals surface area contributed by atoms with E-state index in [2.05, 4.69) is 26.1 Å². The average molecular weight is 385 g/mol. The van der Waals surface area contributed by atoms with Crippen molar-refractivity contribution < 1.29 is 4.79 Å². The summed E-state index contributed by atoms with van der Waals surface area (Å²) in [5, 5.41) is 8.60. The molecule has 0 N–H and O–H groups in total. The maximum atomic E-state index is 12.8. The summed E-state index contributed by atoms with van der Waals surface area (Å²) in [7, 11) is 0. The summed E-state index contributed by atoms with van der Waals surface area (Å²) in [6.07, 6.45) is 3.99. The maximum Gasteiger partial charge on any atom is 0.253 e. The van der Waals surface area contributed by atoms with Gasteiger partial charge in [0.1, 0.15) is 5.82 Å². The van der Waals surface area contributed by atoms with Crippen molar-refractivity contribution in [2.24, 2.45) is 0 Å². The number of aromatic nitrogens is 3. The first-order valence-electron chi connectivity index (χ1n) is 8.07. The van der Waals surface area contributed by atoms with E-state index in [1.54, 1.807) is 0 Å². The van der Waals surface area contributed by atoms with E-state index in [0.29, 0.717) is 6.54 Å². The van der Waals surface area contributed by atoms with E-state index < -0.39 is 0 Å². The Bertz CT molecular complexity index is 891. The van der Waals surface area contributed by atoms with Crippen molar-refractivity contribution in [1.29, 1.82) is 0 Å². The quantitative estimate of drug-likeness (QED) is 0.679. The highest BCUT2D eigenvalue weighted by molar-refractivity contribution is 9.10. The first kappa shape index (κ1) is 15.3. The van der Waals surface area contributed by atoms with E-state index in [1.807, 2.05) is 58.0 Å². The van der Waals surface area contributed by atoms with Crippen molar-refractivity contribution in [2.45, 2.75) is 18.8 Å². The fourth-order valence-corrected chi connectivity index (χ4v) is 3.71. The molecule has 1 unspecified atom stereocenters. The van der Waals surface area contributed by atoms with E-state index in [-0.39, 0.29) is 11.8 Å². The van der Waals surface area contributed by atoms with Crippen LogP contribution in [0, 0.1) is 0 Å². The summed E-state index contributed by atoms with van der Waals surface area (Å²) < 4.78 is 2.95. The Morgan fingerprint density at radius 1 is 1.17 bits per heavy atom. The van der Waals surface area contributed by atoms with Gasteiger partial charge in [0.2, 0.25) is 0 Å². The minimum atomic E-state index is 0.0785. The van der Waals surface area contributed by atoms with Crippen molar-refractivity contribution in [3.8, 4) is 0 Å². The second-order valence-electron chi connectivity index (χ2n) is 6.09. The van der Waals surface area contributed by atoms with Gasteiger partial charge in [-0.1, -0.05) is 28.1 Å². The minimum absolute atomic E-state index is 0.0785. The standard InChI is InChI=1S/C18H17BrN4O/c19-15-7-3-5-13(11-15)18(24)22-9-4-6-14(12-22)17-21-20-16-8-1-2-10-23(16)17/h1-3,5,7-8,10-11,14H,4,6,9,12H2. The molecule has 4 rings (SSSR count). The summed E-state index contributed by atoms with van der Waals surface area (Å²) in [6, 6.07) is 13.4. The summed E-state index contributed by atoms with van der Waals surface area (Å²) in [5.41, 5.74) is 1.57. The Balaban J connectivity index is 1.59. The number of carbonyl (C=O) groups is 1. The summed E-state index contributed by atoms with van der Waals surface area (Å²) >= 11 is 3.43. The number of hydrogen-bond acceptors (Lipinski definition) is 3. The number of piperidine rings is 1. The molecule has 24 heavy (non-hydrogen) atoms. The largest absolute Gasteiger partial charge is 0.338 e. The van der Waals surface area contributed by atoms with Crippen LogP contribution in [-0.4, -0.2) is 38.5 Å². The summed E-state index contributed by atoms with van der Waals surface area (Å²) in [5.74, 6) is 1.24. The van der Waals surface area contributed by atoms with Crippen LogP contribution in [0.4, 0.5) is 0 Å². The molecular formula is C18H17BrN4O. The first-order valence-corrected chi connectivity index (χ1v) is 8.86. The Hall–Kier alpha value is -2.21. The van der Waals surface area contributed by atoms with Crippen molar-refractivity contribution in [3.05, 3.63) is 64.5 Å². The lowest BCUT2D eigenvalue weighted by molar-refractivity contribution is 0.0704. The van der Waals surface area contributed by atoms with Gasteiger partial charge in [0.05, 0.1) is 0 Å². The van der Waals surface area contributed by atoms with Crippen molar-refractivity contribution in [1.82, 2.24) is 19.5 Å². The van der Waals surface area contributed by atoms with Gasteiger partial charge in [-0.15, -0.1) is 10.2 Å². The van der Waals surface area contributed by atoms with E-state index in [1.165, 1.54) is 0 Å². The second kappa shape index (κ2) is 6.36. The van der Waals surface area contributed by atoms with Crippen molar-refractivity contribution in [2.75, 3.05) is 13.1 Å². The molecular weight excluding hydrogens is 368 g/mol. The van der Waals surface area contributed by atoms with Crippen molar-refractivity contribution >= 4 is 27.5 Å². The van der Waals surface area contributed by atoms with Crippen LogP contribution < -0.4 is 0 Å². The molecule has 1 fully saturated rings. The molecule has 1 saturated heterocycles. The molecule has 122 valence electrons. The Kier molecular flexibility index (Phi) is 4.06. The molecule has 0 spiro atoms. The zero-order valence-electron chi connectivity index (χ0n) is 13.1. The number of amides is 1. The van der Waals surface area contributed by atoms with Crippen LogP contribution in [0.15, 0.2) is 53.1 Å². The van der Waals surface area contributed by atoms with Gasteiger partial charge >= 0.3 is 0 Å². The second-order valence-corrected chi connectivity index (χ2v) is 7.00. The van der Waals surface area contributed by atoms with E-state index in [9.17, 15) is 4.79 Å². The summed E-state index contributed by atoms with van der Waals surface area (Å²) in [6.45, 7) is 1.47. The van der Waals surface area contributed by atoms with Crippen LogP contribution in [0.1, 0.15) is 34.9 Å². The highest BCUT2D eigenvalue weighted by Gasteiger charge is 2.28. The molecule has 1 aromatic carbocycles.